The van der Waals surface area contributed by atoms with Gasteiger partial charge in [-0.25, -0.2) is 8.42 Å². The van der Waals surface area contributed by atoms with Gasteiger partial charge in [0.1, 0.15) is 12.6 Å². The molecule has 1 aliphatic carbocycles. The van der Waals surface area contributed by atoms with Crippen molar-refractivity contribution in [3.63, 3.8) is 0 Å². The summed E-state index contributed by atoms with van der Waals surface area (Å²) in [7, 11) is -3.81. The van der Waals surface area contributed by atoms with Crippen LogP contribution in [0.25, 0.3) is 0 Å². The minimum atomic E-state index is -3.81. The van der Waals surface area contributed by atoms with Crippen molar-refractivity contribution < 1.29 is 18.0 Å². The molecule has 1 fully saturated rings. The van der Waals surface area contributed by atoms with Gasteiger partial charge >= 0.3 is 0 Å². The van der Waals surface area contributed by atoms with Crippen molar-refractivity contribution in [3.8, 4) is 0 Å². The Morgan fingerprint density at radius 1 is 1.00 bits per heavy atom. The van der Waals surface area contributed by atoms with Crippen LogP contribution in [0.5, 0.6) is 0 Å². The monoisotopic (exact) mass is 595 g/mol. The number of nitrogens with one attached hydrogen (secondary N) is 1. The molecule has 0 heterocycles. The predicted octanol–water partition coefficient (Wildman–Crippen LogP) is 6.14. The number of nitrogens with zero attached hydrogens (tertiary/aromatic N) is 2. The van der Waals surface area contributed by atoms with Crippen molar-refractivity contribution in [3.05, 3.63) is 63.6 Å². The molecule has 3 rings (SSSR count). The second kappa shape index (κ2) is 13.9. The summed E-state index contributed by atoms with van der Waals surface area (Å²) in [5.41, 5.74) is 1.94. The van der Waals surface area contributed by atoms with Crippen molar-refractivity contribution in [2.45, 2.75) is 83.8 Å². The number of halogens is 2. The first-order valence-corrected chi connectivity index (χ1v) is 16.1. The Labute approximate surface area is 242 Å². The molecule has 0 bridgehead atoms. The maximum Gasteiger partial charge on any atom is 0.244 e. The first-order chi connectivity index (χ1) is 18.4. The number of amides is 2. The zero-order chi connectivity index (χ0) is 28.7. The van der Waals surface area contributed by atoms with E-state index in [2.05, 4.69) is 5.32 Å². The zero-order valence-electron chi connectivity index (χ0n) is 23.1. The van der Waals surface area contributed by atoms with Crippen LogP contribution >= 0.6 is 23.2 Å². The summed E-state index contributed by atoms with van der Waals surface area (Å²) >= 11 is 12.9. The highest BCUT2D eigenvalue weighted by atomic mass is 35.5. The third-order valence-corrected chi connectivity index (χ3v) is 9.10. The molecule has 39 heavy (non-hydrogen) atoms. The van der Waals surface area contributed by atoms with Crippen LogP contribution in [0.15, 0.2) is 42.5 Å². The fourth-order valence-electron chi connectivity index (χ4n) is 4.96. The number of rotatable bonds is 11. The Kier molecular flexibility index (Phi) is 11.1. The Balaban J connectivity index is 1.95. The lowest BCUT2D eigenvalue weighted by Gasteiger charge is -2.34. The average Bonchev–Trinajstić information content (AvgIpc) is 2.88. The van der Waals surface area contributed by atoms with Gasteiger partial charge in [0.05, 0.1) is 11.9 Å². The first kappa shape index (κ1) is 31.2. The van der Waals surface area contributed by atoms with E-state index in [1.165, 1.54) is 4.90 Å². The van der Waals surface area contributed by atoms with Gasteiger partial charge in [-0.15, -0.1) is 0 Å². The Morgan fingerprint density at radius 3 is 2.10 bits per heavy atom. The van der Waals surface area contributed by atoms with E-state index in [9.17, 15) is 18.0 Å². The number of carbonyl (C=O) groups excluding carboxylic acids is 2. The molecule has 1 N–H and O–H groups in total. The second-order valence-electron chi connectivity index (χ2n) is 10.5. The van der Waals surface area contributed by atoms with Crippen molar-refractivity contribution in [1.82, 2.24) is 10.2 Å². The molecule has 1 aliphatic rings. The van der Waals surface area contributed by atoms with Gasteiger partial charge in [0.25, 0.3) is 0 Å². The van der Waals surface area contributed by atoms with Crippen LogP contribution in [-0.2, 0) is 26.2 Å². The summed E-state index contributed by atoms with van der Waals surface area (Å²) in [6, 6.07) is 11.4. The standard InChI is InChI=1S/C29H39Cl2N3O4S/c1-5-27(29(36)32-22-10-7-6-8-11-22)33(18-24-25(30)12-9-13-26(24)31)28(35)19-34(39(4,37)38)23-16-14-21(15-17-23)20(2)3/h9,12-17,20,22,27H,5-8,10-11,18-19H2,1-4H3,(H,32,36). The maximum absolute atomic E-state index is 13.9. The summed E-state index contributed by atoms with van der Waals surface area (Å²) < 4.78 is 26.8. The molecule has 0 spiro atoms. The molecule has 0 aliphatic heterocycles. The summed E-state index contributed by atoms with van der Waals surface area (Å²) in [6.45, 7) is 5.44. The lowest BCUT2D eigenvalue weighted by Crippen LogP contribution is -2.54. The van der Waals surface area contributed by atoms with Gasteiger partial charge in [0.2, 0.25) is 21.8 Å². The molecule has 0 radical (unpaired) electrons. The minimum Gasteiger partial charge on any atom is -0.352 e. The number of carbonyl (C=O) groups is 2. The smallest absolute Gasteiger partial charge is 0.244 e. The summed E-state index contributed by atoms with van der Waals surface area (Å²) in [4.78, 5) is 28.8. The van der Waals surface area contributed by atoms with Crippen LogP contribution in [0.3, 0.4) is 0 Å². The Bertz CT molecular complexity index is 1230. The van der Waals surface area contributed by atoms with Crippen molar-refractivity contribution in [2.75, 3.05) is 17.1 Å². The number of hydrogen-bond donors (Lipinski definition) is 1. The van der Waals surface area contributed by atoms with E-state index in [-0.39, 0.29) is 24.4 Å². The van der Waals surface area contributed by atoms with E-state index in [4.69, 9.17) is 23.2 Å². The van der Waals surface area contributed by atoms with Crippen molar-refractivity contribution in [2.24, 2.45) is 0 Å². The Morgan fingerprint density at radius 2 is 1.59 bits per heavy atom. The number of benzene rings is 2. The van der Waals surface area contributed by atoms with E-state index in [1.54, 1.807) is 30.3 Å². The van der Waals surface area contributed by atoms with Gasteiger partial charge < -0.3 is 10.2 Å². The van der Waals surface area contributed by atoms with Crippen LogP contribution in [0.2, 0.25) is 10.0 Å². The molecule has 1 atom stereocenters. The number of anilines is 1. The summed E-state index contributed by atoms with van der Waals surface area (Å²) in [6.07, 6.45) is 6.48. The van der Waals surface area contributed by atoms with E-state index >= 15 is 0 Å². The zero-order valence-corrected chi connectivity index (χ0v) is 25.5. The largest absolute Gasteiger partial charge is 0.352 e. The molecule has 10 heteroatoms. The fraction of sp³-hybridized carbons (Fsp3) is 0.517. The fourth-order valence-corrected chi connectivity index (χ4v) is 6.32. The van der Waals surface area contributed by atoms with Crippen LogP contribution < -0.4 is 9.62 Å². The Hall–Kier alpha value is -2.29. The summed E-state index contributed by atoms with van der Waals surface area (Å²) in [5, 5.41) is 3.86. The molecule has 2 aromatic rings. The summed E-state index contributed by atoms with van der Waals surface area (Å²) in [5.74, 6) is -0.501. The number of hydrogen-bond acceptors (Lipinski definition) is 4. The van der Waals surface area contributed by atoms with E-state index in [0.29, 0.717) is 27.7 Å². The maximum atomic E-state index is 13.9. The molecular weight excluding hydrogens is 557 g/mol. The minimum absolute atomic E-state index is 0.0299. The number of sulfonamides is 1. The predicted molar refractivity (Wildman–Crippen MR) is 159 cm³/mol. The van der Waals surface area contributed by atoms with Crippen LogP contribution in [-0.4, -0.2) is 50.0 Å². The van der Waals surface area contributed by atoms with Gasteiger partial charge in [0.15, 0.2) is 0 Å². The molecule has 214 valence electrons. The van der Waals surface area contributed by atoms with Crippen molar-refractivity contribution >= 4 is 50.7 Å². The van der Waals surface area contributed by atoms with Gasteiger partial charge in [-0.05, 0) is 55.0 Å². The van der Waals surface area contributed by atoms with E-state index in [1.807, 2.05) is 32.9 Å². The molecule has 2 amide bonds. The van der Waals surface area contributed by atoms with Crippen molar-refractivity contribution in [1.29, 1.82) is 0 Å². The molecule has 1 unspecified atom stereocenters. The molecule has 1 saturated carbocycles. The molecule has 0 aromatic heterocycles. The lowest BCUT2D eigenvalue weighted by molar-refractivity contribution is -0.140. The van der Waals surface area contributed by atoms with E-state index in [0.717, 1.165) is 48.2 Å². The third-order valence-electron chi connectivity index (χ3n) is 7.25. The molecular formula is C29H39Cl2N3O4S. The van der Waals surface area contributed by atoms with Gasteiger partial charge in [0, 0.05) is 28.2 Å². The highest BCUT2D eigenvalue weighted by molar-refractivity contribution is 7.92. The average molecular weight is 597 g/mol. The lowest BCUT2D eigenvalue weighted by atomic mass is 9.95. The van der Waals surface area contributed by atoms with Crippen LogP contribution in [0.1, 0.15) is 76.3 Å². The third kappa shape index (κ3) is 8.35. The highest BCUT2D eigenvalue weighted by Crippen LogP contribution is 2.28. The van der Waals surface area contributed by atoms with Gasteiger partial charge in [-0.1, -0.05) is 81.4 Å². The molecule has 2 aromatic carbocycles. The molecule has 7 nitrogen and oxygen atoms in total. The quantitative estimate of drug-likeness (QED) is 0.338. The van der Waals surface area contributed by atoms with Gasteiger partial charge in [-0.2, -0.15) is 0 Å². The molecule has 0 saturated heterocycles. The normalized spacial score (nSPS) is 15.2. The second-order valence-corrected chi connectivity index (χ2v) is 13.2. The first-order valence-electron chi connectivity index (χ1n) is 13.5. The van der Waals surface area contributed by atoms with Gasteiger partial charge in [-0.3, -0.25) is 13.9 Å². The SMILES string of the molecule is CCC(C(=O)NC1CCCCC1)N(Cc1c(Cl)cccc1Cl)C(=O)CN(c1ccc(C(C)C)cc1)S(C)(=O)=O. The topological polar surface area (TPSA) is 86.8 Å². The van der Waals surface area contributed by atoms with Crippen LogP contribution in [0, 0.1) is 0 Å². The van der Waals surface area contributed by atoms with E-state index < -0.39 is 28.5 Å². The highest BCUT2D eigenvalue weighted by Gasteiger charge is 2.33. The van der Waals surface area contributed by atoms with Crippen LogP contribution in [0.4, 0.5) is 5.69 Å².